The molecule has 1 fully saturated rings. The molecule has 2 aromatic carbocycles. The van der Waals surface area contributed by atoms with Crippen molar-refractivity contribution in [3.05, 3.63) is 77.4 Å². The van der Waals surface area contributed by atoms with Gasteiger partial charge in [0.1, 0.15) is 17.3 Å². The van der Waals surface area contributed by atoms with E-state index in [2.05, 4.69) is 21.8 Å². The van der Waals surface area contributed by atoms with E-state index in [9.17, 15) is 9.18 Å². The first-order chi connectivity index (χ1) is 15.6. The van der Waals surface area contributed by atoms with E-state index in [-0.39, 0.29) is 17.8 Å². The molecule has 8 heteroatoms. The lowest BCUT2D eigenvalue weighted by molar-refractivity contribution is -0.123. The lowest BCUT2D eigenvalue weighted by atomic mass is 9.91. The van der Waals surface area contributed by atoms with Gasteiger partial charge in [0.15, 0.2) is 0 Å². The molecule has 1 amide bonds. The van der Waals surface area contributed by atoms with Crippen LogP contribution in [0, 0.1) is 5.82 Å². The zero-order valence-corrected chi connectivity index (χ0v) is 18.2. The van der Waals surface area contributed by atoms with Crippen LogP contribution in [-0.2, 0) is 17.9 Å². The minimum Gasteiger partial charge on any atom is -0.497 e. The van der Waals surface area contributed by atoms with Gasteiger partial charge in [-0.05, 0) is 48.4 Å². The van der Waals surface area contributed by atoms with Crippen LogP contribution >= 0.6 is 0 Å². The van der Waals surface area contributed by atoms with Gasteiger partial charge in [0.2, 0.25) is 5.91 Å². The molecule has 7 nitrogen and oxygen atoms in total. The molecule has 0 saturated carbocycles. The van der Waals surface area contributed by atoms with Gasteiger partial charge in [-0.1, -0.05) is 6.07 Å². The van der Waals surface area contributed by atoms with Crippen molar-refractivity contribution in [3.8, 4) is 11.5 Å². The van der Waals surface area contributed by atoms with E-state index >= 15 is 0 Å². The van der Waals surface area contributed by atoms with Crippen LogP contribution < -0.4 is 20.1 Å². The zero-order valence-electron chi connectivity index (χ0n) is 18.2. The molecule has 0 aliphatic carbocycles. The number of aromatic nitrogens is 2. The number of carbonyl (C=O) groups is 1. The van der Waals surface area contributed by atoms with Crippen molar-refractivity contribution in [2.45, 2.75) is 38.0 Å². The molecule has 1 saturated heterocycles. The van der Waals surface area contributed by atoms with Crippen LogP contribution in [0.1, 0.15) is 35.6 Å². The van der Waals surface area contributed by atoms with E-state index in [0.29, 0.717) is 37.2 Å². The van der Waals surface area contributed by atoms with Gasteiger partial charge in [-0.15, -0.1) is 0 Å². The van der Waals surface area contributed by atoms with Gasteiger partial charge in [0.25, 0.3) is 0 Å². The number of ether oxygens (including phenoxy) is 2. The van der Waals surface area contributed by atoms with E-state index in [0.717, 1.165) is 16.9 Å². The lowest BCUT2D eigenvalue weighted by Gasteiger charge is -2.33. The highest BCUT2D eigenvalue weighted by atomic mass is 19.1. The first kappa shape index (κ1) is 21.8. The fourth-order valence-electron chi connectivity index (χ4n) is 4.08. The van der Waals surface area contributed by atoms with Crippen LogP contribution in [0.4, 0.5) is 4.39 Å². The smallest absolute Gasteiger partial charge is 0.220 e. The summed E-state index contributed by atoms with van der Waals surface area (Å²) < 4.78 is 27.2. The Morgan fingerprint density at radius 2 is 2.09 bits per heavy atom. The highest BCUT2D eigenvalue weighted by molar-refractivity contribution is 5.77. The SMILES string of the molecule is COc1ccc(F)c([C@@H]2NC(=O)CC[C@H]2NCc2ccc(OC)c(Cn3cccn3)c2)c1. The molecule has 0 bridgehead atoms. The molecule has 4 rings (SSSR count). The molecule has 1 aromatic heterocycles. The van der Waals surface area contributed by atoms with Crippen molar-refractivity contribution in [2.75, 3.05) is 14.2 Å². The molecule has 32 heavy (non-hydrogen) atoms. The van der Waals surface area contributed by atoms with Crippen molar-refractivity contribution in [3.63, 3.8) is 0 Å². The summed E-state index contributed by atoms with van der Waals surface area (Å²) in [6.45, 7) is 1.17. The summed E-state index contributed by atoms with van der Waals surface area (Å²) in [6, 6.07) is 11.9. The molecule has 1 aliphatic rings. The molecule has 168 valence electrons. The summed E-state index contributed by atoms with van der Waals surface area (Å²) in [5, 5.41) is 10.7. The third kappa shape index (κ3) is 4.91. The molecule has 2 heterocycles. The fraction of sp³-hybridized carbons (Fsp3) is 0.333. The maximum atomic E-state index is 14.6. The standard InChI is InChI=1S/C24H27FN4O3/c1-31-18-5-6-20(25)19(13-18)24-21(7-9-23(30)28-24)26-14-16-4-8-22(32-2)17(12-16)15-29-11-3-10-27-29/h3-6,8,10-13,21,24,26H,7,9,14-15H2,1-2H3,(H,28,30)/t21-,24+/m1/s1. The van der Waals surface area contributed by atoms with Crippen molar-refractivity contribution < 1.29 is 18.7 Å². The number of amides is 1. The first-order valence-corrected chi connectivity index (χ1v) is 10.6. The molecule has 0 unspecified atom stereocenters. The Hall–Kier alpha value is -3.39. The van der Waals surface area contributed by atoms with Gasteiger partial charge in [-0.3, -0.25) is 9.48 Å². The summed E-state index contributed by atoms with van der Waals surface area (Å²) in [4.78, 5) is 12.1. The third-order valence-corrected chi connectivity index (χ3v) is 5.74. The minimum absolute atomic E-state index is 0.0822. The highest BCUT2D eigenvalue weighted by Gasteiger charge is 2.31. The van der Waals surface area contributed by atoms with Crippen LogP contribution in [0.2, 0.25) is 0 Å². The van der Waals surface area contributed by atoms with Crippen LogP contribution in [0.3, 0.4) is 0 Å². The molecule has 2 N–H and O–H groups in total. The van der Waals surface area contributed by atoms with Crippen LogP contribution in [-0.4, -0.2) is 35.9 Å². The molecule has 0 radical (unpaired) electrons. The molecule has 2 atom stereocenters. The van der Waals surface area contributed by atoms with Gasteiger partial charge in [0, 0.05) is 42.5 Å². The van der Waals surface area contributed by atoms with Gasteiger partial charge in [0.05, 0.1) is 26.8 Å². The Kier molecular flexibility index (Phi) is 6.70. The van der Waals surface area contributed by atoms with Crippen molar-refractivity contribution >= 4 is 5.91 Å². The second-order valence-corrected chi connectivity index (χ2v) is 7.81. The van der Waals surface area contributed by atoms with E-state index in [1.807, 2.05) is 29.1 Å². The van der Waals surface area contributed by atoms with E-state index in [4.69, 9.17) is 9.47 Å². The van der Waals surface area contributed by atoms with Crippen molar-refractivity contribution in [2.24, 2.45) is 0 Å². The Morgan fingerprint density at radius 1 is 1.22 bits per heavy atom. The number of methoxy groups -OCH3 is 2. The average Bonchev–Trinajstić information content (AvgIpc) is 3.32. The molecular weight excluding hydrogens is 411 g/mol. The molecule has 1 aliphatic heterocycles. The number of rotatable bonds is 8. The summed E-state index contributed by atoms with van der Waals surface area (Å²) in [7, 11) is 3.19. The average molecular weight is 439 g/mol. The second-order valence-electron chi connectivity index (χ2n) is 7.81. The molecule has 0 spiro atoms. The lowest BCUT2D eigenvalue weighted by Crippen LogP contribution is -2.48. The highest BCUT2D eigenvalue weighted by Crippen LogP contribution is 2.30. The van der Waals surface area contributed by atoms with Crippen molar-refractivity contribution in [1.29, 1.82) is 0 Å². The maximum absolute atomic E-state index is 14.6. The molecular formula is C24H27FN4O3. The Balaban J connectivity index is 1.52. The topological polar surface area (TPSA) is 77.4 Å². The van der Waals surface area contributed by atoms with Crippen LogP contribution in [0.5, 0.6) is 11.5 Å². The zero-order chi connectivity index (χ0) is 22.5. The number of nitrogens with one attached hydrogen (secondary N) is 2. The summed E-state index contributed by atoms with van der Waals surface area (Å²) in [5.74, 6) is 0.904. The summed E-state index contributed by atoms with van der Waals surface area (Å²) in [6.07, 6.45) is 4.66. The Morgan fingerprint density at radius 3 is 2.84 bits per heavy atom. The van der Waals surface area contributed by atoms with Gasteiger partial charge < -0.3 is 20.1 Å². The first-order valence-electron chi connectivity index (χ1n) is 10.6. The van der Waals surface area contributed by atoms with E-state index in [1.165, 1.54) is 13.2 Å². The summed E-state index contributed by atoms with van der Waals surface area (Å²) in [5.41, 5.74) is 2.50. The van der Waals surface area contributed by atoms with Crippen LogP contribution in [0.25, 0.3) is 0 Å². The van der Waals surface area contributed by atoms with E-state index in [1.54, 1.807) is 25.4 Å². The number of hydrogen-bond donors (Lipinski definition) is 2. The number of hydrogen-bond acceptors (Lipinski definition) is 5. The number of carbonyl (C=O) groups excluding carboxylic acids is 1. The number of piperidine rings is 1. The van der Waals surface area contributed by atoms with Crippen LogP contribution in [0.15, 0.2) is 54.9 Å². The molecule has 3 aromatic rings. The van der Waals surface area contributed by atoms with Gasteiger partial charge >= 0.3 is 0 Å². The third-order valence-electron chi connectivity index (χ3n) is 5.74. The largest absolute Gasteiger partial charge is 0.497 e. The fourth-order valence-corrected chi connectivity index (χ4v) is 4.08. The predicted octanol–water partition coefficient (Wildman–Crippen LogP) is 3.20. The number of nitrogens with zero attached hydrogens (tertiary/aromatic N) is 2. The second kappa shape index (κ2) is 9.82. The summed E-state index contributed by atoms with van der Waals surface area (Å²) >= 11 is 0. The minimum atomic E-state index is -0.479. The van der Waals surface area contributed by atoms with Gasteiger partial charge in [-0.25, -0.2) is 4.39 Å². The number of benzene rings is 2. The predicted molar refractivity (Wildman–Crippen MR) is 118 cm³/mol. The Bertz CT molecular complexity index is 1070. The number of halogens is 1. The normalized spacial score (nSPS) is 18.3. The monoisotopic (exact) mass is 438 g/mol. The van der Waals surface area contributed by atoms with Crippen molar-refractivity contribution in [1.82, 2.24) is 20.4 Å². The van der Waals surface area contributed by atoms with Gasteiger partial charge in [-0.2, -0.15) is 5.10 Å². The Labute approximate surface area is 186 Å². The maximum Gasteiger partial charge on any atom is 0.220 e. The van der Waals surface area contributed by atoms with E-state index < -0.39 is 6.04 Å². The quantitative estimate of drug-likeness (QED) is 0.565.